The van der Waals surface area contributed by atoms with Crippen molar-refractivity contribution in [2.45, 2.75) is 45.8 Å². The lowest BCUT2D eigenvalue weighted by molar-refractivity contribution is -0.120. The van der Waals surface area contributed by atoms with Crippen LogP contribution in [-0.2, 0) is 11.2 Å². The highest BCUT2D eigenvalue weighted by atomic mass is 16.5. The van der Waals surface area contributed by atoms with Crippen molar-refractivity contribution in [1.82, 2.24) is 10.6 Å². The molecule has 5 N–H and O–H groups in total. The Balaban J connectivity index is 0.00000274. The molecule has 218 valence electrons. The quantitative estimate of drug-likeness (QED) is 0.207. The smallest absolute Gasteiger partial charge is 0.224 e. The summed E-state index contributed by atoms with van der Waals surface area (Å²) in [5.41, 5.74) is 2.55. The van der Waals surface area contributed by atoms with E-state index in [-0.39, 0.29) is 37.2 Å². The average Bonchev–Trinajstić information content (AvgIpc) is 3.01. The highest BCUT2D eigenvalue weighted by Gasteiger charge is 2.16. The molecule has 0 radical (unpaired) electrons. The Labute approximate surface area is 238 Å². The molecule has 0 aliphatic carbocycles. The molecule has 1 aliphatic rings. The molecule has 8 heteroatoms. The number of hydrogen-bond acceptors (Lipinski definition) is 7. The molecule has 1 heterocycles. The lowest BCUT2D eigenvalue weighted by atomic mass is 9.94. The number of methoxy groups -OCH3 is 1. The SMILES string of the molecule is CC.COc1ccccc1[C@@H](O)COc1ccc(CCNC[C@H](O)/C2=C/C=C(/O)CNC(=O)C/C=C\C2C)cc1. The summed E-state index contributed by atoms with van der Waals surface area (Å²) in [5.74, 6) is 1.07. The standard InChI is InChI=1S/C30H38N2O6.C2H6/c1-21-6-5-9-30(36)32-18-23(33)12-15-25(21)27(34)19-31-17-16-22-10-13-24(14-11-22)38-20-28(35)26-7-3-4-8-29(26)37-2;1-2/h3-8,10-15,21,27-28,31,33-35H,9,16-20H2,1-2H3,(H,32,36);1-2H3/b6-5-,23-12+,25-15+;/t21?,27-,28-;/m0./s1. The number of ether oxygens (including phenoxy) is 2. The molecule has 1 amide bonds. The van der Waals surface area contributed by atoms with E-state index in [0.29, 0.717) is 30.2 Å². The van der Waals surface area contributed by atoms with Gasteiger partial charge in [0.1, 0.15) is 30.0 Å². The van der Waals surface area contributed by atoms with Gasteiger partial charge in [0.15, 0.2) is 0 Å². The minimum atomic E-state index is -0.801. The third kappa shape index (κ3) is 10.9. The molecular weight excluding hydrogens is 508 g/mol. The Morgan fingerprint density at radius 1 is 1.05 bits per heavy atom. The second kappa shape index (κ2) is 17.9. The number of nitrogens with one attached hydrogen (secondary N) is 2. The second-order valence-electron chi connectivity index (χ2n) is 9.20. The highest BCUT2D eigenvalue weighted by molar-refractivity contribution is 5.77. The van der Waals surface area contributed by atoms with Crippen molar-refractivity contribution in [2.75, 3.05) is 33.4 Å². The van der Waals surface area contributed by atoms with Gasteiger partial charge in [-0.25, -0.2) is 0 Å². The molecule has 0 bridgehead atoms. The van der Waals surface area contributed by atoms with E-state index in [1.807, 2.05) is 69.3 Å². The summed E-state index contributed by atoms with van der Waals surface area (Å²) in [4.78, 5) is 11.7. The van der Waals surface area contributed by atoms with Crippen molar-refractivity contribution in [1.29, 1.82) is 0 Å². The van der Waals surface area contributed by atoms with E-state index >= 15 is 0 Å². The van der Waals surface area contributed by atoms with Crippen LogP contribution in [0.1, 0.15) is 44.4 Å². The molecule has 1 unspecified atom stereocenters. The maximum atomic E-state index is 11.7. The van der Waals surface area contributed by atoms with Crippen LogP contribution in [0.5, 0.6) is 11.5 Å². The van der Waals surface area contributed by atoms with Crippen LogP contribution >= 0.6 is 0 Å². The van der Waals surface area contributed by atoms with Crippen LogP contribution in [0.4, 0.5) is 0 Å². The summed E-state index contributed by atoms with van der Waals surface area (Å²) in [7, 11) is 1.57. The van der Waals surface area contributed by atoms with Gasteiger partial charge in [0.25, 0.3) is 0 Å². The average molecular weight is 553 g/mol. The van der Waals surface area contributed by atoms with Crippen LogP contribution in [0.25, 0.3) is 0 Å². The van der Waals surface area contributed by atoms with Gasteiger partial charge in [0, 0.05) is 18.5 Å². The fraction of sp³-hybridized carbons (Fsp3) is 0.406. The van der Waals surface area contributed by atoms with E-state index in [4.69, 9.17) is 9.47 Å². The van der Waals surface area contributed by atoms with Crippen molar-refractivity contribution in [2.24, 2.45) is 5.92 Å². The number of rotatable bonds is 11. The number of benzene rings is 2. The molecule has 3 atom stereocenters. The van der Waals surface area contributed by atoms with E-state index in [1.165, 1.54) is 6.08 Å². The minimum absolute atomic E-state index is 0.0341. The summed E-state index contributed by atoms with van der Waals surface area (Å²) >= 11 is 0. The third-order valence-electron chi connectivity index (χ3n) is 6.33. The van der Waals surface area contributed by atoms with Crippen molar-refractivity contribution in [3.8, 4) is 11.5 Å². The van der Waals surface area contributed by atoms with Gasteiger partial charge in [-0.2, -0.15) is 0 Å². The lowest BCUT2D eigenvalue weighted by Gasteiger charge is -2.19. The van der Waals surface area contributed by atoms with E-state index in [2.05, 4.69) is 10.6 Å². The van der Waals surface area contributed by atoms with Crippen LogP contribution in [0.15, 0.2) is 84.2 Å². The summed E-state index contributed by atoms with van der Waals surface area (Å²) in [6.45, 7) is 7.15. The monoisotopic (exact) mass is 552 g/mol. The number of carbonyl (C=O) groups excluding carboxylic acids is 1. The van der Waals surface area contributed by atoms with Gasteiger partial charge in [-0.05, 0) is 54.3 Å². The predicted molar refractivity (Wildman–Crippen MR) is 159 cm³/mol. The largest absolute Gasteiger partial charge is 0.510 e. The molecule has 0 aromatic heterocycles. The van der Waals surface area contributed by atoms with Crippen molar-refractivity contribution < 1.29 is 29.6 Å². The number of carbonyl (C=O) groups is 1. The number of allylic oxidation sites excluding steroid dienone is 3. The van der Waals surface area contributed by atoms with Gasteiger partial charge < -0.3 is 35.4 Å². The zero-order chi connectivity index (χ0) is 29.3. The number of aliphatic hydroxyl groups is 3. The molecule has 0 saturated carbocycles. The van der Waals surface area contributed by atoms with Gasteiger partial charge >= 0.3 is 0 Å². The third-order valence-corrected chi connectivity index (χ3v) is 6.33. The van der Waals surface area contributed by atoms with Crippen LogP contribution in [0, 0.1) is 5.92 Å². The van der Waals surface area contributed by atoms with Gasteiger partial charge in [-0.15, -0.1) is 0 Å². The first-order chi connectivity index (χ1) is 19.4. The Morgan fingerprint density at radius 3 is 2.50 bits per heavy atom. The van der Waals surface area contributed by atoms with E-state index in [9.17, 15) is 20.1 Å². The van der Waals surface area contributed by atoms with Crippen LogP contribution in [0.3, 0.4) is 0 Å². The topological polar surface area (TPSA) is 120 Å². The van der Waals surface area contributed by atoms with Gasteiger partial charge in [0.2, 0.25) is 5.91 Å². The van der Waals surface area contributed by atoms with Gasteiger partial charge in [-0.3, -0.25) is 4.79 Å². The van der Waals surface area contributed by atoms with Crippen LogP contribution < -0.4 is 20.1 Å². The summed E-state index contributed by atoms with van der Waals surface area (Å²) in [6, 6.07) is 15.0. The molecule has 2 aromatic rings. The fourth-order valence-electron chi connectivity index (χ4n) is 4.12. The first-order valence-corrected chi connectivity index (χ1v) is 13.8. The van der Waals surface area contributed by atoms with E-state index in [1.54, 1.807) is 25.3 Å². The molecule has 0 saturated heterocycles. The van der Waals surface area contributed by atoms with Crippen molar-refractivity contribution >= 4 is 5.91 Å². The Bertz CT molecular complexity index is 1130. The maximum Gasteiger partial charge on any atom is 0.224 e. The van der Waals surface area contributed by atoms with Crippen LogP contribution in [-0.4, -0.2) is 60.7 Å². The molecule has 8 nitrogen and oxygen atoms in total. The Morgan fingerprint density at radius 2 is 1.77 bits per heavy atom. The first-order valence-electron chi connectivity index (χ1n) is 13.8. The number of hydrogen-bond donors (Lipinski definition) is 5. The lowest BCUT2D eigenvalue weighted by Crippen LogP contribution is -2.31. The van der Waals surface area contributed by atoms with E-state index in [0.717, 1.165) is 17.6 Å². The molecule has 40 heavy (non-hydrogen) atoms. The maximum absolute atomic E-state index is 11.7. The number of para-hydroxylation sites is 1. The number of aliphatic hydroxyl groups excluding tert-OH is 3. The van der Waals surface area contributed by atoms with Crippen molar-refractivity contribution in [3.63, 3.8) is 0 Å². The number of amides is 1. The van der Waals surface area contributed by atoms with Crippen molar-refractivity contribution in [3.05, 3.63) is 95.3 Å². The normalized spacial score (nSPS) is 20.6. The predicted octanol–water partition coefficient (Wildman–Crippen LogP) is 4.41. The second-order valence-corrected chi connectivity index (χ2v) is 9.20. The molecule has 0 spiro atoms. The molecule has 3 rings (SSSR count). The van der Waals surface area contributed by atoms with Gasteiger partial charge in [0.05, 0.1) is 19.8 Å². The summed E-state index contributed by atoms with van der Waals surface area (Å²) in [6.07, 6.45) is 6.36. The molecular formula is C32H44N2O6. The molecule has 2 aromatic carbocycles. The first kappa shape index (κ1) is 32.6. The Hall–Kier alpha value is -3.59. The fourth-order valence-corrected chi connectivity index (χ4v) is 4.12. The Kier molecular flexibility index (Phi) is 14.6. The van der Waals surface area contributed by atoms with Gasteiger partial charge in [-0.1, -0.05) is 69.3 Å². The molecule has 1 aliphatic heterocycles. The molecule has 0 fully saturated rings. The highest BCUT2D eigenvalue weighted by Crippen LogP contribution is 2.25. The van der Waals surface area contributed by atoms with E-state index < -0.39 is 12.2 Å². The summed E-state index contributed by atoms with van der Waals surface area (Å²) in [5, 5.41) is 37.2. The van der Waals surface area contributed by atoms with Crippen LogP contribution in [0.2, 0.25) is 0 Å². The summed E-state index contributed by atoms with van der Waals surface area (Å²) < 4.78 is 11.1. The zero-order valence-electron chi connectivity index (χ0n) is 24.0. The zero-order valence-corrected chi connectivity index (χ0v) is 24.0. The minimum Gasteiger partial charge on any atom is -0.510 e.